The van der Waals surface area contributed by atoms with Crippen molar-refractivity contribution in [3.63, 3.8) is 0 Å². The van der Waals surface area contributed by atoms with Crippen molar-refractivity contribution in [1.29, 1.82) is 0 Å². The maximum absolute atomic E-state index is 4.49. The number of hydrogen-bond acceptors (Lipinski definition) is 3. The molecule has 3 aromatic rings. The van der Waals surface area contributed by atoms with Crippen LogP contribution in [0.25, 0.3) is 10.9 Å². The molecule has 102 valence electrons. The van der Waals surface area contributed by atoms with E-state index < -0.39 is 0 Å². The minimum atomic E-state index is 0.852. The average Bonchev–Trinajstić information content (AvgIpc) is 2.78. The summed E-state index contributed by atoms with van der Waals surface area (Å²) in [5.74, 6) is 0. The fourth-order valence-corrected chi connectivity index (χ4v) is 3.39. The van der Waals surface area contributed by atoms with Crippen molar-refractivity contribution in [1.82, 2.24) is 10.3 Å². The number of thiophene rings is 1. The van der Waals surface area contributed by atoms with Crippen molar-refractivity contribution in [3.05, 3.63) is 63.5 Å². The molecular weight excluding hydrogens is 264 g/mol. The molecule has 1 aromatic carbocycles. The third-order valence-electron chi connectivity index (χ3n) is 3.55. The Morgan fingerprint density at radius 2 is 1.95 bits per heavy atom. The molecule has 20 heavy (non-hydrogen) atoms. The maximum atomic E-state index is 4.49. The van der Waals surface area contributed by atoms with Crippen molar-refractivity contribution in [2.75, 3.05) is 0 Å². The van der Waals surface area contributed by atoms with Gasteiger partial charge < -0.3 is 5.32 Å². The molecule has 0 aliphatic rings. The molecule has 3 heteroatoms. The van der Waals surface area contributed by atoms with Gasteiger partial charge in [-0.1, -0.05) is 24.3 Å². The van der Waals surface area contributed by atoms with Crippen LogP contribution in [0, 0.1) is 13.8 Å². The molecule has 0 bridgehead atoms. The zero-order chi connectivity index (χ0) is 13.9. The Hall–Kier alpha value is -1.71. The van der Waals surface area contributed by atoms with Gasteiger partial charge in [-0.05, 0) is 37.1 Å². The van der Waals surface area contributed by atoms with E-state index in [0.29, 0.717) is 0 Å². The molecule has 1 N–H and O–H groups in total. The van der Waals surface area contributed by atoms with Crippen LogP contribution in [0.1, 0.15) is 20.9 Å². The van der Waals surface area contributed by atoms with Crippen LogP contribution >= 0.6 is 11.3 Å². The molecule has 2 aromatic heterocycles. The number of benzene rings is 1. The summed E-state index contributed by atoms with van der Waals surface area (Å²) in [5, 5.41) is 4.72. The largest absolute Gasteiger partial charge is 0.308 e. The monoisotopic (exact) mass is 282 g/mol. The van der Waals surface area contributed by atoms with Crippen LogP contribution in [0.15, 0.2) is 42.6 Å². The minimum absolute atomic E-state index is 0.852. The van der Waals surface area contributed by atoms with Crippen LogP contribution in [0.4, 0.5) is 0 Å². The second kappa shape index (κ2) is 5.73. The Balaban J connectivity index is 1.71. The Bertz CT molecular complexity index is 706. The van der Waals surface area contributed by atoms with Crippen LogP contribution < -0.4 is 5.32 Å². The van der Waals surface area contributed by atoms with Gasteiger partial charge in [0.2, 0.25) is 0 Å². The molecule has 2 heterocycles. The van der Waals surface area contributed by atoms with Crippen LogP contribution in [0.5, 0.6) is 0 Å². The summed E-state index contributed by atoms with van der Waals surface area (Å²) in [6.07, 6.45) is 1.86. The summed E-state index contributed by atoms with van der Waals surface area (Å²) in [6, 6.07) is 12.7. The van der Waals surface area contributed by atoms with Gasteiger partial charge in [0.15, 0.2) is 0 Å². The lowest BCUT2D eigenvalue weighted by atomic mass is 10.1. The second-order valence-corrected chi connectivity index (χ2v) is 6.39. The van der Waals surface area contributed by atoms with Crippen molar-refractivity contribution >= 4 is 22.2 Å². The lowest BCUT2D eigenvalue weighted by molar-refractivity contribution is 0.703. The van der Waals surface area contributed by atoms with E-state index in [2.05, 4.69) is 54.5 Å². The summed E-state index contributed by atoms with van der Waals surface area (Å²) in [4.78, 5) is 7.29. The minimum Gasteiger partial charge on any atom is -0.308 e. The predicted molar refractivity (Wildman–Crippen MR) is 86.1 cm³/mol. The van der Waals surface area contributed by atoms with Crippen LogP contribution in [0.3, 0.4) is 0 Å². The van der Waals surface area contributed by atoms with E-state index in [1.54, 1.807) is 0 Å². The third-order valence-corrected chi connectivity index (χ3v) is 4.70. The molecule has 0 radical (unpaired) electrons. The van der Waals surface area contributed by atoms with Gasteiger partial charge in [-0.15, -0.1) is 11.3 Å². The first-order valence-electron chi connectivity index (χ1n) is 6.83. The molecule has 0 spiro atoms. The van der Waals surface area contributed by atoms with E-state index in [0.717, 1.165) is 18.6 Å². The van der Waals surface area contributed by atoms with Gasteiger partial charge in [-0.3, -0.25) is 4.98 Å². The quantitative estimate of drug-likeness (QED) is 0.775. The normalized spacial score (nSPS) is 11.1. The van der Waals surface area contributed by atoms with Crippen LogP contribution in [0.2, 0.25) is 0 Å². The lowest BCUT2D eigenvalue weighted by Gasteiger charge is -2.06. The topological polar surface area (TPSA) is 24.9 Å². The highest BCUT2D eigenvalue weighted by atomic mass is 32.1. The highest BCUT2D eigenvalue weighted by Gasteiger charge is 2.03. The SMILES string of the molecule is Cc1cc(CNCc2cccc3cccnc23)sc1C. The molecule has 0 aliphatic heterocycles. The number of nitrogens with one attached hydrogen (secondary N) is 1. The second-order valence-electron chi connectivity index (χ2n) is 5.05. The highest BCUT2D eigenvalue weighted by molar-refractivity contribution is 7.12. The molecule has 3 rings (SSSR count). The van der Waals surface area contributed by atoms with E-state index in [9.17, 15) is 0 Å². The van der Waals surface area contributed by atoms with Gasteiger partial charge in [0.05, 0.1) is 5.52 Å². The summed E-state index contributed by atoms with van der Waals surface area (Å²) in [7, 11) is 0. The standard InChI is InChI=1S/C17H18N2S/c1-12-9-16(20-13(12)2)11-18-10-15-6-3-5-14-7-4-8-19-17(14)15/h3-9,18H,10-11H2,1-2H3. The van der Waals surface area contributed by atoms with Gasteiger partial charge in [-0.25, -0.2) is 0 Å². The van der Waals surface area contributed by atoms with Crippen LogP contribution in [-0.4, -0.2) is 4.98 Å². The number of nitrogens with zero attached hydrogens (tertiary/aromatic N) is 1. The Morgan fingerprint density at radius 3 is 2.75 bits per heavy atom. The molecule has 0 fully saturated rings. The number of aromatic nitrogens is 1. The van der Waals surface area contributed by atoms with E-state index in [-0.39, 0.29) is 0 Å². The number of pyridine rings is 1. The Labute approximate surface area is 123 Å². The molecule has 0 unspecified atom stereocenters. The van der Waals surface area contributed by atoms with Crippen molar-refractivity contribution in [3.8, 4) is 0 Å². The predicted octanol–water partition coefficient (Wildman–Crippen LogP) is 4.20. The number of aryl methyl sites for hydroxylation is 2. The van der Waals surface area contributed by atoms with Gasteiger partial charge in [0, 0.05) is 34.4 Å². The summed E-state index contributed by atoms with van der Waals surface area (Å²) < 4.78 is 0. The molecule has 0 atom stereocenters. The number of hydrogen-bond donors (Lipinski definition) is 1. The maximum Gasteiger partial charge on any atom is 0.0746 e. The number of fused-ring (bicyclic) bond motifs is 1. The lowest BCUT2D eigenvalue weighted by Crippen LogP contribution is -2.12. The van der Waals surface area contributed by atoms with Gasteiger partial charge in [0.25, 0.3) is 0 Å². The Kier molecular flexibility index (Phi) is 3.81. The van der Waals surface area contributed by atoms with Crippen molar-refractivity contribution in [2.45, 2.75) is 26.9 Å². The van der Waals surface area contributed by atoms with Crippen molar-refractivity contribution < 1.29 is 0 Å². The molecule has 2 nitrogen and oxygen atoms in total. The molecule has 0 saturated heterocycles. The van der Waals surface area contributed by atoms with Crippen LogP contribution in [-0.2, 0) is 13.1 Å². The summed E-state index contributed by atoms with van der Waals surface area (Å²) >= 11 is 1.87. The molecule has 0 amide bonds. The van der Waals surface area contributed by atoms with Crippen molar-refractivity contribution in [2.24, 2.45) is 0 Å². The first kappa shape index (κ1) is 13.3. The zero-order valence-corrected chi connectivity index (χ0v) is 12.6. The van der Waals surface area contributed by atoms with Gasteiger partial charge in [0.1, 0.15) is 0 Å². The summed E-state index contributed by atoms with van der Waals surface area (Å²) in [5.41, 5.74) is 3.74. The van der Waals surface area contributed by atoms with E-state index in [1.807, 2.05) is 23.6 Å². The first-order chi connectivity index (χ1) is 9.74. The van der Waals surface area contributed by atoms with E-state index in [4.69, 9.17) is 0 Å². The Morgan fingerprint density at radius 1 is 1.10 bits per heavy atom. The van der Waals surface area contributed by atoms with E-state index >= 15 is 0 Å². The molecule has 0 aliphatic carbocycles. The van der Waals surface area contributed by atoms with E-state index in [1.165, 1.54) is 26.3 Å². The first-order valence-corrected chi connectivity index (χ1v) is 7.65. The fraction of sp³-hybridized carbons (Fsp3) is 0.235. The molecular formula is C17H18N2S. The third kappa shape index (κ3) is 2.74. The summed E-state index contributed by atoms with van der Waals surface area (Å²) in [6.45, 7) is 6.12. The zero-order valence-electron chi connectivity index (χ0n) is 11.8. The smallest absolute Gasteiger partial charge is 0.0746 e. The van der Waals surface area contributed by atoms with Gasteiger partial charge in [-0.2, -0.15) is 0 Å². The highest BCUT2D eigenvalue weighted by Crippen LogP contribution is 2.21. The number of rotatable bonds is 4. The van der Waals surface area contributed by atoms with Gasteiger partial charge >= 0.3 is 0 Å². The number of para-hydroxylation sites is 1. The fourth-order valence-electron chi connectivity index (χ4n) is 2.37. The molecule has 0 saturated carbocycles. The average molecular weight is 282 g/mol.